The Morgan fingerprint density at radius 1 is 0.875 bits per heavy atom. The molecule has 0 radical (unpaired) electrons. The molecule has 2 amide bonds. The first-order valence-electron chi connectivity index (χ1n) is 9.85. The summed E-state index contributed by atoms with van der Waals surface area (Å²) >= 11 is 0. The van der Waals surface area contributed by atoms with Crippen molar-refractivity contribution in [1.82, 2.24) is 4.90 Å². The number of hydrogen-bond acceptors (Lipinski definition) is 5. The van der Waals surface area contributed by atoms with E-state index >= 15 is 0 Å². The molecule has 164 valence electrons. The van der Waals surface area contributed by atoms with Gasteiger partial charge in [0.2, 0.25) is 0 Å². The van der Waals surface area contributed by atoms with Gasteiger partial charge in [0.15, 0.2) is 9.84 Å². The van der Waals surface area contributed by atoms with Gasteiger partial charge in [0, 0.05) is 12.2 Å². The van der Waals surface area contributed by atoms with Gasteiger partial charge < -0.3 is 5.11 Å². The molecule has 0 fully saturated rings. The third kappa shape index (κ3) is 4.06. The summed E-state index contributed by atoms with van der Waals surface area (Å²) in [5, 5.41) is 11.2. The molecule has 0 saturated carbocycles. The number of amides is 2. The Morgan fingerprint density at radius 3 is 2.03 bits per heavy atom. The Hall–Kier alpha value is -3.36. The highest BCUT2D eigenvalue weighted by atomic mass is 32.2. The maximum atomic E-state index is 13.5. The SMILES string of the molecule is CS(=O)(=O)c1cccc(C(c2ccc(F)cc2)C(O)CN2C(=O)c3ccccc3C2=O)c1. The van der Waals surface area contributed by atoms with Crippen LogP contribution in [0.1, 0.15) is 37.8 Å². The van der Waals surface area contributed by atoms with Gasteiger partial charge in [-0.25, -0.2) is 12.8 Å². The van der Waals surface area contributed by atoms with Gasteiger partial charge in [0.05, 0.1) is 28.7 Å². The normalized spacial score (nSPS) is 15.5. The fourth-order valence-corrected chi connectivity index (χ4v) is 4.62. The highest BCUT2D eigenvalue weighted by Gasteiger charge is 2.38. The lowest BCUT2D eigenvalue weighted by Gasteiger charge is -2.27. The molecule has 0 aromatic heterocycles. The first-order valence-corrected chi connectivity index (χ1v) is 11.7. The number of hydrogen-bond donors (Lipinski definition) is 1. The molecule has 0 aliphatic carbocycles. The van der Waals surface area contributed by atoms with Crippen LogP contribution in [0, 0.1) is 5.82 Å². The maximum Gasteiger partial charge on any atom is 0.261 e. The van der Waals surface area contributed by atoms with Gasteiger partial charge in [-0.05, 0) is 47.5 Å². The number of rotatable bonds is 6. The largest absolute Gasteiger partial charge is 0.390 e. The second kappa shape index (κ2) is 8.29. The van der Waals surface area contributed by atoms with Gasteiger partial charge in [-0.3, -0.25) is 14.5 Å². The Morgan fingerprint density at radius 2 is 1.47 bits per heavy atom. The summed E-state index contributed by atoms with van der Waals surface area (Å²) in [6.45, 7) is -0.308. The van der Waals surface area contributed by atoms with E-state index in [1.807, 2.05) is 0 Å². The Labute approximate surface area is 184 Å². The molecule has 0 spiro atoms. The maximum absolute atomic E-state index is 13.5. The van der Waals surface area contributed by atoms with Crippen molar-refractivity contribution in [3.63, 3.8) is 0 Å². The number of benzene rings is 3. The fraction of sp³-hybridized carbons (Fsp3) is 0.167. The summed E-state index contributed by atoms with van der Waals surface area (Å²) in [4.78, 5) is 26.5. The number of aliphatic hydroxyl groups is 1. The third-order valence-corrected chi connectivity index (χ3v) is 6.62. The lowest BCUT2D eigenvalue weighted by Crippen LogP contribution is -2.39. The van der Waals surface area contributed by atoms with E-state index in [9.17, 15) is 27.5 Å². The van der Waals surface area contributed by atoms with Crippen LogP contribution in [-0.2, 0) is 9.84 Å². The first-order chi connectivity index (χ1) is 15.2. The van der Waals surface area contributed by atoms with E-state index in [1.165, 1.54) is 36.4 Å². The number of fused-ring (bicyclic) bond motifs is 1. The minimum Gasteiger partial charge on any atom is -0.390 e. The van der Waals surface area contributed by atoms with Crippen LogP contribution in [0.15, 0.2) is 77.7 Å². The van der Waals surface area contributed by atoms with Crippen molar-refractivity contribution in [3.8, 4) is 0 Å². The van der Waals surface area contributed by atoms with Crippen LogP contribution < -0.4 is 0 Å². The van der Waals surface area contributed by atoms with Crippen molar-refractivity contribution in [3.05, 3.63) is 101 Å². The van der Waals surface area contributed by atoms with E-state index in [0.717, 1.165) is 11.2 Å². The van der Waals surface area contributed by atoms with E-state index in [0.29, 0.717) is 11.1 Å². The number of halogens is 1. The van der Waals surface area contributed by atoms with Crippen LogP contribution in [0.4, 0.5) is 4.39 Å². The molecule has 4 rings (SSSR count). The Bertz CT molecular complexity index is 1270. The fourth-order valence-electron chi connectivity index (χ4n) is 3.94. The summed E-state index contributed by atoms with van der Waals surface area (Å²) in [5.74, 6) is -2.28. The number of sulfone groups is 1. The smallest absolute Gasteiger partial charge is 0.261 e. The summed E-state index contributed by atoms with van der Waals surface area (Å²) in [6.07, 6.45) is -0.189. The van der Waals surface area contributed by atoms with Gasteiger partial charge in [-0.1, -0.05) is 36.4 Å². The minimum atomic E-state index is -3.51. The van der Waals surface area contributed by atoms with E-state index in [2.05, 4.69) is 0 Å². The average Bonchev–Trinajstić information content (AvgIpc) is 3.00. The number of β-amino-alcohol motifs (C(OH)–C–C–N with tert-alkyl or cyclic N) is 1. The highest BCUT2D eigenvalue weighted by Crippen LogP contribution is 2.32. The van der Waals surface area contributed by atoms with Crippen molar-refractivity contribution in [2.45, 2.75) is 16.9 Å². The Kier molecular flexibility index (Phi) is 5.66. The zero-order valence-corrected chi connectivity index (χ0v) is 17.9. The summed E-state index contributed by atoms with van der Waals surface area (Å²) < 4.78 is 37.6. The van der Waals surface area contributed by atoms with Crippen molar-refractivity contribution in [2.24, 2.45) is 0 Å². The van der Waals surface area contributed by atoms with Crippen LogP contribution >= 0.6 is 0 Å². The molecular formula is C24H20FNO5S. The predicted octanol–water partition coefficient (Wildman–Crippen LogP) is 3.02. The van der Waals surface area contributed by atoms with Crippen molar-refractivity contribution in [2.75, 3.05) is 12.8 Å². The lowest BCUT2D eigenvalue weighted by molar-refractivity contribution is 0.0522. The zero-order chi connectivity index (χ0) is 23.0. The van der Waals surface area contributed by atoms with Gasteiger partial charge in [0.25, 0.3) is 11.8 Å². The number of carbonyl (C=O) groups is 2. The molecule has 3 aromatic carbocycles. The molecule has 3 aromatic rings. The Balaban J connectivity index is 1.72. The summed E-state index contributed by atoms with van der Waals surface area (Å²) in [6, 6.07) is 17.9. The molecule has 0 bridgehead atoms. The van der Waals surface area contributed by atoms with Crippen molar-refractivity contribution < 1.29 is 27.5 Å². The van der Waals surface area contributed by atoms with Gasteiger partial charge >= 0.3 is 0 Å². The quantitative estimate of drug-likeness (QED) is 0.580. The topological polar surface area (TPSA) is 91.8 Å². The molecule has 8 heteroatoms. The number of carbonyl (C=O) groups excluding carboxylic acids is 2. The van der Waals surface area contributed by atoms with Crippen molar-refractivity contribution >= 4 is 21.7 Å². The highest BCUT2D eigenvalue weighted by molar-refractivity contribution is 7.90. The average molecular weight is 453 g/mol. The number of nitrogens with zero attached hydrogens (tertiary/aromatic N) is 1. The molecular weight excluding hydrogens is 433 g/mol. The predicted molar refractivity (Wildman–Crippen MR) is 116 cm³/mol. The number of imide groups is 1. The monoisotopic (exact) mass is 453 g/mol. The lowest BCUT2D eigenvalue weighted by atomic mass is 9.86. The third-order valence-electron chi connectivity index (χ3n) is 5.51. The van der Waals surface area contributed by atoms with Crippen LogP contribution in [0.5, 0.6) is 0 Å². The van der Waals surface area contributed by atoms with Crippen LogP contribution in [-0.4, -0.2) is 49.1 Å². The summed E-state index contributed by atoms with van der Waals surface area (Å²) in [5.41, 5.74) is 1.51. The molecule has 32 heavy (non-hydrogen) atoms. The van der Waals surface area contributed by atoms with E-state index in [-0.39, 0.29) is 22.6 Å². The van der Waals surface area contributed by atoms with Gasteiger partial charge in [-0.15, -0.1) is 0 Å². The van der Waals surface area contributed by atoms with Gasteiger partial charge in [0.1, 0.15) is 5.82 Å². The summed E-state index contributed by atoms with van der Waals surface area (Å²) in [7, 11) is -3.51. The molecule has 6 nitrogen and oxygen atoms in total. The second-order valence-corrected chi connectivity index (χ2v) is 9.72. The molecule has 1 aliphatic rings. The number of aliphatic hydroxyl groups excluding tert-OH is 1. The van der Waals surface area contributed by atoms with E-state index < -0.39 is 39.5 Å². The van der Waals surface area contributed by atoms with Gasteiger partial charge in [-0.2, -0.15) is 0 Å². The van der Waals surface area contributed by atoms with E-state index in [1.54, 1.807) is 36.4 Å². The van der Waals surface area contributed by atoms with E-state index in [4.69, 9.17) is 0 Å². The minimum absolute atomic E-state index is 0.0649. The molecule has 1 aliphatic heterocycles. The first kappa shape index (κ1) is 21.9. The second-order valence-electron chi connectivity index (χ2n) is 7.71. The molecule has 1 N–H and O–H groups in total. The molecule has 2 unspecified atom stereocenters. The van der Waals surface area contributed by atoms with Crippen LogP contribution in [0.3, 0.4) is 0 Å². The zero-order valence-electron chi connectivity index (χ0n) is 17.1. The molecule has 0 saturated heterocycles. The van der Waals surface area contributed by atoms with Crippen LogP contribution in [0.25, 0.3) is 0 Å². The molecule has 2 atom stereocenters. The van der Waals surface area contributed by atoms with Crippen LogP contribution in [0.2, 0.25) is 0 Å². The van der Waals surface area contributed by atoms with Crippen molar-refractivity contribution in [1.29, 1.82) is 0 Å². The standard InChI is InChI=1S/C24H20FNO5S/c1-32(30,31)18-6-4-5-16(13-18)22(15-9-11-17(25)12-10-15)21(27)14-26-23(28)19-7-2-3-8-20(19)24(26)29/h2-13,21-22,27H,14H2,1H3. The molecule has 1 heterocycles.